The van der Waals surface area contributed by atoms with Gasteiger partial charge in [0.25, 0.3) is 5.91 Å². The monoisotopic (exact) mass is 328 g/mol. The van der Waals surface area contributed by atoms with Gasteiger partial charge in [0.1, 0.15) is 0 Å². The summed E-state index contributed by atoms with van der Waals surface area (Å²) in [5.74, 6) is -0.0106. The molecule has 0 aliphatic heterocycles. The molecule has 4 nitrogen and oxygen atoms in total. The first-order valence-electron chi connectivity index (χ1n) is 7.55. The van der Waals surface area contributed by atoms with Crippen LogP contribution in [0, 0.1) is 5.92 Å². The van der Waals surface area contributed by atoms with Crippen LogP contribution in [0.25, 0.3) is 0 Å². The largest absolute Gasteiger partial charge is 0.348 e. The third-order valence-electron chi connectivity index (χ3n) is 3.71. The van der Waals surface area contributed by atoms with Gasteiger partial charge < -0.3 is 10.6 Å². The molecule has 0 radical (unpaired) electrons. The van der Waals surface area contributed by atoms with E-state index in [0.717, 1.165) is 18.4 Å². The van der Waals surface area contributed by atoms with E-state index in [9.17, 15) is 9.59 Å². The molecular formula is C18H17ClN2O2. The van der Waals surface area contributed by atoms with Crippen molar-refractivity contribution in [2.45, 2.75) is 19.4 Å². The molecule has 2 amide bonds. The molecule has 1 aliphatic carbocycles. The smallest absolute Gasteiger partial charge is 0.251 e. The Hall–Kier alpha value is -2.33. The summed E-state index contributed by atoms with van der Waals surface area (Å²) in [6, 6.07) is 14.3. The van der Waals surface area contributed by atoms with Crippen molar-refractivity contribution in [1.82, 2.24) is 5.32 Å². The Morgan fingerprint density at radius 3 is 2.52 bits per heavy atom. The maximum atomic E-state index is 12.2. The van der Waals surface area contributed by atoms with Crippen LogP contribution in [0.2, 0.25) is 5.02 Å². The summed E-state index contributed by atoms with van der Waals surface area (Å²) in [5.41, 5.74) is 2.15. The van der Waals surface area contributed by atoms with Gasteiger partial charge >= 0.3 is 0 Å². The van der Waals surface area contributed by atoms with E-state index in [2.05, 4.69) is 10.6 Å². The van der Waals surface area contributed by atoms with Gasteiger partial charge in [-0.15, -0.1) is 0 Å². The molecule has 2 aromatic carbocycles. The molecule has 0 aromatic heterocycles. The SMILES string of the molecule is O=C(NCc1ccc(Cl)cc1)c1cccc(NC(=O)C2CC2)c1. The normalized spacial score (nSPS) is 13.4. The van der Waals surface area contributed by atoms with E-state index in [1.54, 1.807) is 36.4 Å². The maximum absolute atomic E-state index is 12.2. The fourth-order valence-corrected chi connectivity index (χ4v) is 2.34. The highest BCUT2D eigenvalue weighted by Crippen LogP contribution is 2.30. The lowest BCUT2D eigenvalue weighted by Crippen LogP contribution is -2.23. The fourth-order valence-electron chi connectivity index (χ4n) is 2.21. The van der Waals surface area contributed by atoms with E-state index in [0.29, 0.717) is 22.8 Å². The number of amides is 2. The summed E-state index contributed by atoms with van der Waals surface area (Å²) in [7, 11) is 0. The quantitative estimate of drug-likeness (QED) is 0.880. The van der Waals surface area contributed by atoms with Crippen molar-refractivity contribution >= 4 is 29.1 Å². The molecule has 1 saturated carbocycles. The molecular weight excluding hydrogens is 312 g/mol. The number of rotatable bonds is 5. The molecule has 5 heteroatoms. The highest BCUT2D eigenvalue weighted by Gasteiger charge is 2.29. The molecule has 2 N–H and O–H groups in total. The van der Waals surface area contributed by atoms with Gasteiger partial charge in [0.15, 0.2) is 0 Å². The minimum Gasteiger partial charge on any atom is -0.348 e. The van der Waals surface area contributed by atoms with Crippen molar-refractivity contribution in [3.8, 4) is 0 Å². The zero-order valence-electron chi connectivity index (χ0n) is 12.5. The van der Waals surface area contributed by atoms with Crippen LogP contribution < -0.4 is 10.6 Å². The molecule has 1 fully saturated rings. The number of halogens is 1. The van der Waals surface area contributed by atoms with Crippen LogP contribution in [0.1, 0.15) is 28.8 Å². The van der Waals surface area contributed by atoms with Gasteiger partial charge in [-0.05, 0) is 48.7 Å². The van der Waals surface area contributed by atoms with Crippen LogP contribution in [-0.4, -0.2) is 11.8 Å². The summed E-state index contributed by atoms with van der Waals surface area (Å²) >= 11 is 5.83. The van der Waals surface area contributed by atoms with E-state index < -0.39 is 0 Å². The van der Waals surface area contributed by atoms with Crippen molar-refractivity contribution in [2.75, 3.05) is 5.32 Å². The number of anilines is 1. The zero-order valence-corrected chi connectivity index (χ0v) is 13.3. The van der Waals surface area contributed by atoms with Crippen LogP contribution in [0.4, 0.5) is 5.69 Å². The average molecular weight is 329 g/mol. The topological polar surface area (TPSA) is 58.2 Å². The highest BCUT2D eigenvalue weighted by atomic mass is 35.5. The Morgan fingerprint density at radius 1 is 1.09 bits per heavy atom. The summed E-state index contributed by atoms with van der Waals surface area (Å²) in [6.07, 6.45) is 1.90. The zero-order chi connectivity index (χ0) is 16.2. The Bertz CT molecular complexity index is 724. The summed E-state index contributed by atoms with van der Waals surface area (Å²) in [6.45, 7) is 0.425. The molecule has 23 heavy (non-hydrogen) atoms. The van der Waals surface area contributed by atoms with Crippen molar-refractivity contribution in [1.29, 1.82) is 0 Å². The Balaban J connectivity index is 1.60. The molecule has 1 aliphatic rings. The first-order valence-corrected chi connectivity index (χ1v) is 7.93. The van der Waals surface area contributed by atoms with Crippen LogP contribution >= 0.6 is 11.6 Å². The molecule has 0 atom stereocenters. The number of nitrogens with one attached hydrogen (secondary N) is 2. The van der Waals surface area contributed by atoms with E-state index in [1.165, 1.54) is 0 Å². The average Bonchev–Trinajstić information content (AvgIpc) is 3.39. The van der Waals surface area contributed by atoms with Gasteiger partial charge in [-0.2, -0.15) is 0 Å². The lowest BCUT2D eigenvalue weighted by atomic mass is 10.1. The van der Waals surface area contributed by atoms with Gasteiger partial charge in [-0.1, -0.05) is 29.8 Å². The van der Waals surface area contributed by atoms with Crippen molar-refractivity contribution in [2.24, 2.45) is 5.92 Å². The molecule has 0 bridgehead atoms. The van der Waals surface area contributed by atoms with E-state index in [1.807, 2.05) is 12.1 Å². The van der Waals surface area contributed by atoms with E-state index >= 15 is 0 Å². The van der Waals surface area contributed by atoms with Crippen molar-refractivity contribution < 1.29 is 9.59 Å². The van der Waals surface area contributed by atoms with Gasteiger partial charge in [0, 0.05) is 28.7 Å². The molecule has 0 saturated heterocycles. The lowest BCUT2D eigenvalue weighted by molar-refractivity contribution is -0.117. The van der Waals surface area contributed by atoms with Crippen LogP contribution in [0.3, 0.4) is 0 Å². The highest BCUT2D eigenvalue weighted by molar-refractivity contribution is 6.30. The summed E-state index contributed by atoms with van der Waals surface area (Å²) in [4.78, 5) is 24.0. The molecule has 0 spiro atoms. The second-order valence-corrected chi connectivity index (χ2v) is 6.09. The first kappa shape index (κ1) is 15.6. The van der Waals surface area contributed by atoms with Crippen LogP contribution in [0.5, 0.6) is 0 Å². The molecule has 3 rings (SSSR count). The predicted molar refractivity (Wildman–Crippen MR) is 90.4 cm³/mol. The van der Waals surface area contributed by atoms with Gasteiger partial charge in [0.2, 0.25) is 5.91 Å². The second kappa shape index (κ2) is 6.84. The third-order valence-corrected chi connectivity index (χ3v) is 3.96. The molecule has 0 heterocycles. The van der Waals surface area contributed by atoms with Crippen LogP contribution in [0.15, 0.2) is 48.5 Å². The Morgan fingerprint density at radius 2 is 1.83 bits per heavy atom. The van der Waals surface area contributed by atoms with Crippen LogP contribution in [-0.2, 0) is 11.3 Å². The molecule has 2 aromatic rings. The predicted octanol–water partition coefficient (Wildman–Crippen LogP) is 3.62. The minimum absolute atomic E-state index is 0.0312. The van der Waals surface area contributed by atoms with Gasteiger partial charge in [0.05, 0.1) is 0 Å². The number of hydrogen-bond donors (Lipinski definition) is 2. The summed E-state index contributed by atoms with van der Waals surface area (Å²) in [5, 5.41) is 6.37. The molecule has 0 unspecified atom stereocenters. The van der Waals surface area contributed by atoms with Crippen molar-refractivity contribution in [3.05, 3.63) is 64.7 Å². The van der Waals surface area contributed by atoms with Gasteiger partial charge in [-0.3, -0.25) is 9.59 Å². The lowest BCUT2D eigenvalue weighted by Gasteiger charge is -2.08. The number of hydrogen-bond acceptors (Lipinski definition) is 2. The third kappa shape index (κ3) is 4.33. The molecule has 118 valence electrons. The minimum atomic E-state index is -0.178. The number of carbonyl (C=O) groups excluding carboxylic acids is 2. The first-order chi connectivity index (χ1) is 11.1. The van der Waals surface area contributed by atoms with Crippen molar-refractivity contribution in [3.63, 3.8) is 0 Å². The van der Waals surface area contributed by atoms with E-state index in [4.69, 9.17) is 11.6 Å². The number of carbonyl (C=O) groups is 2. The number of benzene rings is 2. The Labute approximate surface area is 139 Å². The standard InChI is InChI=1S/C18H17ClN2O2/c19-15-8-4-12(5-9-15)11-20-17(22)14-2-1-3-16(10-14)21-18(23)13-6-7-13/h1-5,8-10,13H,6-7,11H2,(H,20,22)(H,21,23). The maximum Gasteiger partial charge on any atom is 0.251 e. The fraction of sp³-hybridized carbons (Fsp3) is 0.222. The second-order valence-electron chi connectivity index (χ2n) is 5.65. The Kier molecular flexibility index (Phi) is 4.63. The van der Waals surface area contributed by atoms with E-state index in [-0.39, 0.29) is 17.7 Å². The van der Waals surface area contributed by atoms with Gasteiger partial charge in [-0.25, -0.2) is 0 Å². The summed E-state index contributed by atoms with van der Waals surface area (Å²) < 4.78 is 0.